The maximum atomic E-state index is 9.22. The lowest BCUT2D eigenvalue weighted by atomic mass is 10.0. The SMILES string of the molecule is COc1ccc(CN[C@H](CO)C(C)C)cc1C#N. The number of hydrogen-bond acceptors (Lipinski definition) is 4. The van der Waals surface area contributed by atoms with Crippen LogP contribution in [0.15, 0.2) is 18.2 Å². The van der Waals surface area contributed by atoms with Crippen molar-refractivity contribution in [2.24, 2.45) is 5.92 Å². The van der Waals surface area contributed by atoms with Crippen LogP contribution in [0.5, 0.6) is 5.75 Å². The number of aliphatic hydroxyl groups is 1. The van der Waals surface area contributed by atoms with Crippen LogP contribution in [0.1, 0.15) is 25.0 Å². The van der Waals surface area contributed by atoms with E-state index in [4.69, 9.17) is 10.00 Å². The highest BCUT2D eigenvalue weighted by molar-refractivity contribution is 5.45. The van der Waals surface area contributed by atoms with Crippen molar-refractivity contribution >= 4 is 0 Å². The fraction of sp³-hybridized carbons (Fsp3) is 0.500. The Morgan fingerprint density at radius 2 is 2.17 bits per heavy atom. The summed E-state index contributed by atoms with van der Waals surface area (Å²) in [5.41, 5.74) is 1.54. The molecule has 18 heavy (non-hydrogen) atoms. The summed E-state index contributed by atoms with van der Waals surface area (Å²) >= 11 is 0. The molecule has 1 rings (SSSR count). The van der Waals surface area contributed by atoms with Gasteiger partial charge in [-0.05, 0) is 23.6 Å². The van der Waals surface area contributed by atoms with Crippen LogP contribution >= 0.6 is 0 Å². The molecule has 0 saturated carbocycles. The van der Waals surface area contributed by atoms with E-state index < -0.39 is 0 Å². The first-order valence-corrected chi connectivity index (χ1v) is 6.03. The van der Waals surface area contributed by atoms with E-state index in [1.807, 2.05) is 6.07 Å². The van der Waals surface area contributed by atoms with Gasteiger partial charge >= 0.3 is 0 Å². The number of nitrogens with zero attached hydrogens (tertiary/aromatic N) is 1. The molecule has 1 atom stereocenters. The Kier molecular flexibility index (Phi) is 5.63. The second-order valence-corrected chi connectivity index (χ2v) is 4.56. The highest BCUT2D eigenvalue weighted by Gasteiger charge is 2.11. The molecular formula is C14H20N2O2. The molecule has 0 unspecified atom stereocenters. The van der Waals surface area contributed by atoms with Gasteiger partial charge in [0.05, 0.1) is 19.3 Å². The van der Waals surface area contributed by atoms with E-state index >= 15 is 0 Å². The van der Waals surface area contributed by atoms with E-state index in [-0.39, 0.29) is 12.6 Å². The third kappa shape index (κ3) is 3.73. The van der Waals surface area contributed by atoms with Crippen molar-refractivity contribution in [2.45, 2.75) is 26.4 Å². The van der Waals surface area contributed by atoms with Crippen molar-refractivity contribution in [2.75, 3.05) is 13.7 Å². The van der Waals surface area contributed by atoms with Crippen LogP contribution in [0.2, 0.25) is 0 Å². The Bertz CT molecular complexity index is 424. The van der Waals surface area contributed by atoms with Crippen LogP contribution < -0.4 is 10.1 Å². The van der Waals surface area contributed by atoms with Crippen LogP contribution in [0, 0.1) is 17.2 Å². The molecule has 4 heteroatoms. The van der Waals surface area contributed by atoms with Gasteiger partial charge in [-0.3, -0.25) is 0 Å². The van der Waals surface area contributed by atoms with E-state index in [1.165, 1.54) is 0 Å². The van der Waals surface area contributed by atoms with Gasteiger partial charge in [0.1, 0.15) is 11.8 Å². The summed E-state index contributed by atoms with van der Waals surface area (Å²) in [6.07, 6.45) is 0. The van der Waals surface area contributed by atoms with Crippen LogP contribution in [0.25, 0.3) is 0 Å². The van der Waals surface area contributed by atoms with Gasteiger partial charge in [-0.2, -0.15) is 5.26 Å². The van der Waals surface area contributed by atoms with Crippen LogP contribution in [-0.4, -0.2) is 24.9 Å². The molecule has 0 bridgehead atoms. The molecule has 4 nitrogen and oxygen atoms in total. The standard InChI is InChI=1S/C14H20N2O2/c1-10(2)13(9-17)16-8-11-4-5-14(18-3)12(6-11)7-15/h4-6,10,13,16-17H,8-9H2,1-3H3/t13-/m1/s1. The highest BCUT2D eigenvalue weighted by atomic mass is 16.5. The number of benzene rings is 1. The molecule has 0 aliphatic carbocycles. The molecule has 2 N–H and O–H groups in total. The average molecular weight is 248 g/mol. The molecule has 1 aromatic rings. The molecule has 0 aromatic heterocycles. The topological polar surface area (TPSA) is 65.3 Å². The average Bonchev–Trinajstić information content (AvgIpc) is 2.38. The van der Waals surface area contributed by atoms with E-state index in [0.717, 1.165) is 5.56 Å². The van der Waals surface area contributed by atoms with E-state index in [2.05, 4.69) is 25.2 Å². The van der Waals surface area contributed by atoms with Gasteiger partial charge in [0, 0.05) is 12.6 Å². The van der Waals surface area contributed by atoms with Crippen molar-refractivity contribution in [3.63, 3.8) is 0 Å². The number of aliphatic hydroxyl groups excluding tert-OH is 1. The van der Waals surface area contributed by atoms with Crippen molar-refractivity contribution in [1.29, 1.82) is 5.26 Å². The lowest BCUT2D eigenvalue weighted by Crippen LogP contribution is -2.36. The van der Waals surface area contributed by atoms with E-state index in [0.29, 0.717) is 23.8 Å². The number of hydrogen-bond donors (Lipinski definition) is 2. The van der Waals surface area contributed by atoms with Gasteiger partial charge in [0.25, 0.3) is 0 Å². The molecule has 0 aliphatic rings. The smallest absolute Gasteiger partial charge is 0.136 e. The molecule has 0 fully saturated rings. The minimum absolute atomic E-state index is 0.0673. The first-order chi connectivity index (χ1) is 8.62. The summed E-state index contributed by atoms with van der Waals surface area (Å²) in [5, 5.41) is 21.5. The molecule has 0 spiro atoms. The van der Waals surface area contributed by atoms with Crippen LogP contribution in [-0.2, 0) is 6.54 Å². The number of methoxy groups -OCH3 is 1. The third-order valence-electron chi connectivity index (χ3n) is 2.95. The van der Waals surface area contributed by atoms with Crippen molar-refractivity contribution in [3.8, 4) is 11.8 Å². The second kappa shape index (κ2) is 7.00. The summed E-state index contributed by atoms with van der Waals surface area (Å²) in [4.78, 5) is 0. The fourth-order valence-corrected chi connectivity index (χ4v) is 1.71. The molecule has 0 saturated heterocycles. The van der Waals surface area contributed by atoms with Gasteiger partial charge in [-0.15, -0.1) is 0 Å². The number of nitrogens with one attached hydrogen (secondary N) is 1. The fourth-order valence-electron chi connectivity index (χ4n) is 1.71. The second-order valence-electron chi connectivity index (χ2n) is 4.56. The summed E-state index contributed by atoms with van der Waals surface area (Å²) in [5.74, 6) is 0.951. The summed E-state index contributed by atoms with van der Waals surface area (Å²) < 4.78 is 5.09. The minimum atomic E-state index is 0.0673. The summed E-state index contributed by atoms with van der Waals surface area (Å²) in [7, 11) is 1.55. The Labute approximate surface area is 108 Å². The lowest BCUT2D eigenvalue weighted by Gasteiger charge is -2.20. The Balaban J connectivity index is 2.71. The largest absolute Gasteiger partial charge is 0.495 e. The molecular weight excluding hydrogens is 228 g/mol. The van der Waals surface area contributed by atoms with Gasteiger partial charge in [-0.1, -0.05) is 19.9 Å². The van der Waals surface area contributed by atoms with Gasteiger partial charge in [0.2, 0.25) is 0 Å². The van der Waals surface area contributed by atoms with Gasteiger partial charge < -0.3 is 15.2 Å². The predicted molar refractivity (Wildman–Crippen MR) is 70.3 cm³/mol. The first kappa shape index (κ1) is 14.5. The summed E-state index contributed by atoms with van der Waals surface area (Å²) in [6, 6.07) is 7.69. The van der Waals surface area contributed by atoms with Crippen molar-refractivity contribution < 1.29 is 9.84 Å². The predicted octanol–water partition coefficient (Wildman–Crippen LogP) is 1.67. The number of nitriles is 1. The zero-order valence-electron chi connectivity index (χ0n) is 11.1. The molecule has 98 valence electrons. The van der Waals surface area contributed by atoms with Gasteiger partial charge in [-0.25, -0.2) is 0 Å². The zero-order chi connectivity index (χ0) is 13.5. The van der Waals surface area contributed by atoms with Crippen LogP contribution in [0.3, 0.4) is 0 Å². The lowest BCUT2D eigenvalue weighted by molar-refractivity contribution is 0.210. The third-order valence-corrected chi connectivity index (χ3v) is 2.95. The quantitative estimate of drug-likeness (QED) is 0.803. The highest BCUT2D eigenvalue weighted by Crippen LogP contribution is 2.18. The zero-order valence-corrected chi connectivity index (χ0v) is 11.1. The number of rotatable bonds is 6. The van der Waals surface area contributed by atoms with E-state index in [9.17, 15) is 5.11 Å². The maximum absolute atomic E-state index is 9.22. The number of ether oxygens (including phenoxy) is 1. The van der Waals surface area contributed by atoms with E-state index in [1.54, 1.807) is 19.2 Å². The molecule has 1 aromatic carbocycles. The summed E-state index contributed by atoms with van der Waals surface area (Å²) in [6.45, 7) is 4.85. The Hall–Kier alpha value is -1.57. The monoisotopic (exact) mass is 248 g/mol. The van der Waals surface area contributed by atoms with Crippen LogP contribution in [0.4, 0.5) is 0 Å². The molecule has 0 heterocycles. The molecule has 0 radical (unpaired) electrons. The molecule has 0 aliphatic heterocycles. The van der Waals surface area contributed by atoms with Crippen molar-refractivity contribution in [1.82, 2.24) is 5.32 Å². The Morgan fingerprint density at radius 3 is 2.67 bits per heavy atom. The van der Waals surface area contributed by atoms with Gasteiger partial charge in [0.15, 0.2) is 0 Å². The normalized spacial score (nSPS) is 12.2. The molecule has 0 amide bonds. The Morgan fingerprint density at radius 1 is 1.44 bits per heavy atom. The maximum Gasteiger partial charge on any atom is 0.136 e. The van der Waals surface area contributed by atoms with Crippen molar-refractivity contribution in [3.05, 3.63) is 29.3 Å². The minimum Gasteiger partial charge on any atom is -0.495 e. The first-order valence-electron chi connectivity index (χ1n) is 6.03.